The van der Waals surface area contributed by atoms with Crippen molar-refractivity contribution in [2.75, 3.05) is 0 Å². The molecule has 30 heavy (non-hydrogen) atoms. The van der Waals surface area contributed by atoms with Gasteiger partial charge in [0.15, 0.2) is 5.16 Å². The second kappa shape index (κ2) is 7.50. The highest BCUT2D eigenvalue weighted by Gasteiger charge is 2.18. The van der Waals surface area contributed by atoms with Crippen molar-refractivity contribution in [2.45, 2.75) is 24.8 Å². The predicted octanol–water partition coefficient (Wildman–Crippen LogP) is 5.78. The number of benzene rings is 3. The molecule has 0 spiro atoms. The highest BCUT2D eigenvalue weighted by Crippen LogP contribution is 2.29. The topological polar surface area (TPSA) is 50.7 Å². The van der Waals surface area contributed by atoms with Crippen molar-refractivity contribution < 1.29 is 0 Å². The molecular formula is C25H21N3OS. The summed E-state index contributed by atoms with van der Waals surface area (Å²) < 4.78 is 1.76. The molecule has 0 atom stereocenters. The van der Waals surface area contributed by atoms with E-state index in [1.807, 2.05) is 56.3 Å². The van der Waals surface area contributed by atoms with Crippen LogP contribution in [0.5, 0.6) is 0 Å². The average molecular weight is 412 g/mol. The molecule has 1 N–H and O–H groups in total. The highest BCUT2D eigenvalue weighted by atomic mass is 32.2. The summed E-state index contributed by atoms with van der Waals surface area (Å²) in [6, 6.07) is 24.4. The molecule has 0 radical (unpaired) electrons. The molecular weight excluding hydrogens is 390 g/mol. The van der Waals surface area contributed by atoms with Gasteiger partial charge in [0.25, 0.3) is 5.56 Å². The minimum absolute atomic E-state index is 0.0690. The van der Waals surface area contributed by atoms with Crippen molar-refractivity contribution in [3.8, 4) is 5.69 Å². The molecule has 5 aromatic rings. The summed E-state index contributed by atoms with van der Waals surface area (Å²) in [5.41, 5.74) is 6.36. The zero-order valence-electron chi connectivity index (χ0n) is 16.8. The first-order valence-corrected chi connectivity index (χ1v) is 10.9. The second-order valence-electron chi connectivity index (χ2n) is 7.49. The van der Waals surface area contributed by atoms with E-state index >= 15 is 0 Å². The Kier molecular flexibility index (Phi) is 4.68. The van der Waals surface area contributed by atoms with Crippen molar-refractivity contribution >= 4 is 33.7 Å². The number of aryl methyl sites for hydroxylation is 2. The van der Waals surface area contributed by atoms with Gasteiger partial charge in [0.1, 0.15) is 11.0 Å². The lowest BCUT2D eigenvalue weighted by molar-refractivity contribution is 0.812. The van der Waals surface area contributed by atoms with E-state index in [9.17, 15) is 4.79 Å². The Balaban J connectivity index is 1.77. The number of aromatic amines is 1. The standard InChI is InChI=1S/C25H21N3OS/c1-16-12-13-17(2)21(14-16)28-24(29)23-22(19-10-6-7-11-20(19)26-23)27-25(28)30-15-18-8-4-3-5-9-18/h3-14,26H,15H2,1-2H3. The summed E-state index contributed by atoms with van der Waals surface area (Å²) >= 11 is 1.59. The number of H-pyrrole nitrogens is 1. The average Bonchev–Trinajstić information content (AvgIpc) is 3.14. The Morgan fingerprint density at radius 3 is 2.57 bits per heavy atom. The number of thioether (sulfide) groups is 1. The number of rotatable bonds is 4. The number of nitrogens with zero attached hydrogens (tertiary/aromatic N) is 2. The van der Waals surface area contributed by atoms with Crippen molar-refractivity contribution in [3.05, 3.63) is 99.8 Å². The molecule has 2 heterocycles. The van der Waals surface area contributed by atoms with Crippen molar-refractivity contribution in [2.24, 2.45) is 0 Å². The molecule has 5 heteroatoms. The zero-order valence-corrected chi connectivity index (χ0v) is 17.7. The van der Waals surface area contributed by atoms with E-state index in [-0.39, 0.29) is 5.56 Å². The van der Waals surface area contributed by atoms with Gasteiger partial charge in [-0.25, -0.2) is 4.98 Å². The van der Waals surface area contributed by atoms with Crippen LogP contribution in [0.2, 0.25) is 0 Å². The van der Waals surface area contributed by atoms with Crippen molar-refractivity contribution in [3.63, 3.8) is 0 Å². The Hall–Kier alpha value is -3.31. The summed E-state index contributed by atoms with van der Waals surface area (Å²) in [5.74, 6) is 0.742. The van der Waals surface area contributed by atoms with Crippen LogP contribution in [0.4, 0.5) is 0 Å². The lowest BCUT2D eigenvalue weighted by atomic mass is 10.1. The summed E-state index contributed by atoms with van der Waals surface area (Å²) in [7, 11) is 0. The first-order valence-electron chi connectivity index (χ1n) is 9.89. The van der Waals surface area contributed by atoms with Gasteiger partial charge in [0.05, 0.1) is 5.69 Å². The first-order chi connectivity index (χ1) is 14.6. The fourth-order valence-electron chi connectivity index (χ4n) is 3.73. The molecule has 2 aromatic heterocycles. The SMILES string of the molecule is Cc1ccc(C)c(-n2c(SCc3ccccc3)nc3c([nH]c4ccccc43)c2=O)c1. The lowest BCUT2D eigenvalue weighted by Gasteiger charge is -2.15. The Morgan fingerprint density at radius 2 is 1.73 bits per heavy atom. The largest absolute Gasteiger partial charge is 0.349 e. The zero-order chi connectivity index (χ0) is 20.7. The Labute approximate surface area is 178 Å². The van der Waals surface area contributed by atoms with Crippen LogP contribution in [-0.2, 0) is 5.75 Å². The molecule has 148 valence electrons. The van der Waals surface area contributed by atoms with Gasteiger partial charge in [-0.3, -0.25) is 9.36 Å². The summed E-state index contributed by atoms with van der Waals surface area (Å²) in [4.78, 5) is 21.9. The summed E-state index contributed by atoms with van der Waals surface area (Å²) in [6.07, 6.45) is 0. The van der Waals surface area contributed by atoms with E-state index < -0.39 is 0 Å². The monoisotopic (exact) mass is 411 g/mol. The molecule has 0 saturated carbocycles. The Morgan fingerprint density at radius 1 is 0.967 bits per heavy atom. The maximum absolute atomic E-state index is 13.7. The van der Waals surface area contributed by atoms with Crippen molar-refractivity contribution in [1.82, 2.24) is 14.5 Å². The summed E-state index contributed by atoms with van der Waals surface area (Å²) in [5, 5.41) is 1.68. The van der Waals surface area contributed by atoms with Crippen LogP contribution < -0.4 is 5.56 Å². The van der Waals surface area contributed by atoms with Gasteiger partial charge in [-0.05, 0) is 42.7 Å². The van der Waals surface area contributed by atoms with E-state index in [1.54, 1.807) is 16.3 Å². The smallest absolute Gasteiger partial charge is 0.283 e. The third kappa shape index (κ3) is 3.21. The third-order valence-electron chi connectivity index (χ3n) is 5.31. The van der Waals surface area contributed by atoms with Gasteiger partial charge in [-0.15, -0.1) is 0 Å². The van der Waals surface area contributed by atoms with Gasteiger partial charge >= 0.3 is 0 Å². The van der Waals surface area contributed by atoms with Gasteiger partial charge < -0.3 is 4.98 Å². The van der Waals surface area contributed by atoms with E-state index in [0.717, 1.165) is 39.0 Å². The van der Waals surface area contributed by atoms with E-state index in [4.69, 9.17) is 4.98 Å². The molecule has 0 aliphatic rings. The van der Waals surface area contributed by atoms with E-state index in [0.29, 0.717) is 10.7 Å². The van der Waals surface area contributed by atoms with Crippen LogP contribution >= 0.6 is 11.8 Å². The molecule has 0 aliphatic heterocycles. The van der Waals surface area contributed by atoms with E-state index in [1.165, 1.54) is 5.56 Å². The molecule has 0 aliphatic carbocycles. The fraction of sp³-hybridized carbons (Fsp3) is 0.120. The molecule has 0 fully saturated rings. The maximum Gasteiger partial charge on any atom is 0.283 e. The lowest BCUT2D eigenvalue weighted by Crippen LogP contribution is -2.22. The number of hydrogen-bond donors (Lipinski definition) is 1. The van der Waals surface area contributed by atoms with Crippen LogP contribution in [0.1, 0.15) is 16.7 Å². The summed E-state index contributed by atoms with van der Waals surface area (Å²) in [6.45, 7) is 4.07. The van der Waals surface area contributed by atoms with Gasteiger partial charge in [-0.2, -0.15) is 0 Å². The van der Waals surface area contributed by atoms with Crippen LogP contribution in [-0.4, -0.2) is 14.5 Å². The number of fused-ring (bicyclic) bond motifs is 3. The number of aromatic nitrogens is 3. The van der Waals surface area contributed by atoms with Gasteiger partial charge in [0, 0.05) is 16.7 Å². The quantitative estimate of drug-likeness (QED) is 0.301. The normalized spacial score (nSPS) is 11.4. The highest BCUT2D eigenvalue weighted by molar-refractivity contribution is 7.98. The van der Waals surface area contributed by atoms with Crippen LogP contribution in [0.25, 0.3) is 27.6 Å². The van der Waals surface area contributed by atoms with Crippen molar-refractivity contribution in [1.29, 1.82) is 0 Å². The number of para-hydroxylation sites is 1. The van der Waals surface area contributed by atoms with Gasteiger partial charge in [0.2, 0.25) is 0 Å². The molecule has 0 bridgehead atoms. The second-order valence-corrected chi connectivity index (χ2v) is 8.44. The minimum atomic E-state index is -0.0690. The van der Waals surface area contributed by atoms with Crippen LogP contribution in [0.15, 0.2) is 82.7 Å². The number of hydrogen-bond acceptors (Lipinski definition) is 3. The minimum Gasteiger partial charge on any atom is -0.349 e. The van der Waals surface area contributed by atoms with E-state index in [2.05, 4.69) is 35.3 Å². The first kappa shape index (κ1) is 18.7. The number of nitrogens with one attached hydrogen (secondary N) is 1. The maximum atomic E-state index is 13.7. The Bertz CT molecular complexity index is 1430. The molecule has 4 nitrogen and oxygen atoms in total. The molecule has 0 amide bonds. The molecule has 0 unspecified atom stereocenters. The third-order valence-corrected chi connectivity index (χ3v) is 6.32. The molecule has 0 saturated heterocycles. The molecule has 3 aromatic carbocycles. The molecule has 5 rings (SSSR count). The van der Waals surface area contributed by atoms with Gasteiger partial charge in [-0.1, -0.05) is 72.4 Å². The fourth-order valence-corrected chi connectivity index (χ4v) is 4.69. The predicted molar refractivity (Wildman–Crippen MR) is 125 cm³/mol. The van der Waals surface area contributed by atoms with Crippen LogP contribution in [0.3, 0.4) is 0 Å². The van der Waals surface area contributed by atoms with Crippen LogP contribution in [0, 0.1) is 13.8 Å².